The predicted octanol–water partition coefficient (Wildman–Crippen LogP) is 3.66. The van der Waals surface area contributed by atoms with Crippen molar-refractivity contribution in [3.8, 4) is 0 Å². The highest BCUT2D eigenvalue weighted by atomic mass is 32.1. The molecule has 0 aliphatic carbocycles. The summed E-state index contributed by atoms with van der Waals surface area (Å²) >= 11 is 3.95. The average Bonchev–Trinajstić information content (AvgIpc) is 2.52. The van der Waals surface area contributed by atoms with Crippen molar-refractivity contribution in [1.82, 2.24) is 5.32 Å². The molecule has 126 valence electrons. The number of carbonyl (C=O) groups is 2. The van der Waals surface area contributed by atoms with Gasteiger partial charge in [-0.05, 0) is 32.3 Å². The lowest BCUT2D eigenvalue weighted by Crippen LogP contribution is -2.44. The van der Waals surface area contributed by atoms with Gasteiger partial charge in [-0.2, -0.15) is 12.6 Å². The molecule has 0 radical (unpaired) electrons. The molecule has 0 unspecified atom stereocenters. The molecule has 0 bridgehead atoms. The molecular weight excluding hydrogens is 298 g/mol. The molecular formula is C17H29NO3S. The number of thiol groups is 1. The quantitative estimate of drug-likeness (QED) is 0.406. The number of esters is 1. The molecule has 0 aromatic carbocycles. The third kappa shape index (κ3) is 9.45. The van der Waals surface area contributed by atoms with Crippen molar-refractivity contribution >= 4 is 24.4 Å². The van der Waals surface area contributed by atoms with E-state index in [1.54, 1.807) is 37.5 Å². The minimum Gasteiger partial charge on any atom is -0.464 e. The third-order valence-corrected chi connectivity index (χ3v) is 2.96. The van der Waals surface area contributed by atoms with Crippen molar-refractivity contribution < 1.29 is 14.3 Å². The number of nitrogens with one attached hydrogen (secondary N) is 1. The van der Waals surface area contributed by atoms with Crippen LogP contribution in [0.2, 0.25) is 0 Å². The van der Waals surface area contributed by atoms with Gasteiger partial charge in [-0.1, -0.05) is 39.0 Å². The van der Waals surface area contributed by atoms with Gasteiger partial charge < -0.3 is 10.1 Å². The second-order valence-electron chi connectivity index (χ2n) is 4.22. The third-order valence-electron chi connectivity index (χ3n) is 2.79. The molecule has 4 nitrogen and oxygen atoms in total. The Bertz CT molecular complexity index is 414. The van der Waals surface area contributed by atoms with Gasteiger partial charge in [0, 0.05) is 11.6 Å². The van der Waals surface area contributed by atoms with Crippen LogP contribution in [0, 0.1) is 5.92 Å². The summed E-state index contributed by atoms with van der Waals surface area (Å²) in [6, 6.07) is -0.691. The predicted molar refractivity (Wildman–Crippen MR) is 95.8 cm³/mol. The van der Waals surface area contributed by atoms with E-state index in [9.17, 15) is 9.59 Å². The van der Waals surface area contributed by atoms with Gasteiger partial charge in [0.1, 0.15) is 11.8 Å². The molecule has 1 N–H and O–H groups in total. The van der Waals surface area contributed by atoms with Crippen molar-refractivity contribution in [2.45, 2.75) is 47.6 Å². The van der Waals surface area contributed by atoms with Crippen LogP contribution in [0.1, 0.15) is 41.5 Å². The van der Waals surface area contributed by atoms with E-state index in [0.717, 1.165) is 5.70 Å². The van der Waals surface area contributed by atoms with Crippen LogP contribution in [0.15, 0.2) is 35.4 Å². The van der Waals surface area contributed by atoms with Crippen molar-refractivity contribution in [1.29, 1.82) is 0 Å². The second-order valence-corrected chi connectivity index (χ2v) is 4.52. The lowest BCUT2D eigenvalue weighted by Gasteiger charge is -2.23. The SMILES string of the molecule is CC.C\C=C(/C=C\C=C\S)N[C@@H](C(=O)OCC)[C@H](C)C(C)=O. The van der Waals surface area contributed by atoms with E-state index in [-0.39, 0.29) is 12.4 Å². The molecule has 0 aliphatic rings. The number of allylic oxidation sites excluding steroid dienone is 4. The van der Waals surface area contributed by atoms with Gasteiger partial charge in [-0.15, -0.1) is 0 Å². The van der Waals surface area contributed by atoms with Crippen LogP contribution in [0.4, 0.5) is 0 Å². The van der Waals surface area contributed by atoms with Crippen molar-refractivity contribution in [2.24, 2.45) is 5.92 Å². The molecule has 22 heavy (non-hydrogen) atoms. The summed E-state index contributed by atoms with van der Waals surface area (Å²) in [7, 11) is 0. The second kappa shape index (κ2) is 14.4. The maximum Gasteiger partial charge on any atom is 0.329 e. The fraction of sp³-hybridized carbons (Fsp3) is 0.529. The molecule has 5 heteroatoms. The average molecular weight is 327 g/mol. The summed E-state index contributed by atoms with van der Waals surface area (Å²) in [5.74, 6) is -0.948. The first-order valence-corrected chi connectivity index (χ1v) is 8.06. The zero-order chi connectivity index (χ0) is 17.5. The lowest BCUT2D eigenvalue weighted by molar-refractivity contribution is -0.148. The smallest absolute Gasteiger partial charge is 0.329 e. The Balaban J connectivity index is 0. The maximum atomic E-state index is 12.0. The topological polar surface area (TPSA) is 55.4 Å². The van der Waals surface area contributed by atoms with E-state index in [4.69, 9.17) is 4.74 Å². The van der Waals surface area contributed by atoms with Crippen LogP contribution in [0.3, 0.4) is 0 Å². The highest BCUT2D eigenvalue weighted by Crippen LogP contribution is 2.10. The summed E-state index contributed by atoms with van der Waals surface area (Å²) in [6.07, 6.45) is 7.16. The summed E-state index contributed by atoms with van der Waals surface area (Å²) in [5, 5.41) is 4.65. The van der Waals surface area contributed by atoms with Crippen LogP contribution in [0.5, 0.6) is 0 Å². The van der Waals surface area contributed by atoms with Crippen LogP contribution < -0.4 is 5.32 Å². The van der Waals surface area contributed by atoms with Crippen molar-refractivity contribution in [3.05, 3.63) is 35.4 Å². The van der Waals surface area contributed by atoms with E-state index in [0.29, 0.717) is 0 Å². The van der Waals surface area contributed by atoms with Crippen LogP contribution in [0.25, 0.3) is 0 Å². The Hall–Kier alpha value is -1.49. The Labute approximate surface area is 140 Å². The summed E-state index contributed by atoms with van der Waals surface area (Å²) in [5.41, 5.74) is 0.739. The lowest BCUT2D eigenvalue weighted by atomic mass is 9.97. The fourth-order valence-electron chi connectivity index (χ4n) is 1.47. The largest absolute Gasteiger partial charge is 0.464 e. The van der Waals surface area contributed by atoms with Gasteiger partial charge in [-0.3, -0.25) is 4.79 Å². The number of ether oxygens (including phenoxy) is 1. The van der Waals surface area contributed by atoms with Gasteiger partial charge in [0.25, 0.3) is 0 Å². The molecule has 0 saturated heterocycles. The molecule has 0 amide bonds. The number of hydrogen-bond acceptors (Lipinski definition) is 5. The summed E-state index contributed by atoms with van der Waals surface area (Å²) in [4.78, 5) is 23.5. The van der Waals surface area contributed by atoms with Gasteiger partial charge in [-0.25, -0.2) is 4.79 Å². The molecule has 0 rings (SSSR count). The highest BCUT2D eigenvalue weighted by molar-refractivity contribution is 7.83. The van der Waals surface area contributed by atoms with Crippen molar-refractivity contribution in [2.75, 3.05) is 6.61 Å². The van der Waals surface area contributed by atoms with E-state index >= 15 is 0 Å². The zero-order valence-corrected chi connectivity index (χ0v) is 15.3. The van der Waals surface area contributed by atoms with E-state index < -0.39 is 17.9 Å². The van der Waals surface area contributed by atoms with Gasteiger partial charge in [0.15, 0.2) is 0 Å². The molecule has 0 fully saturated rings. The first-order chi connectivity index (χ1) is 10.5. The normalized spacial score (nSPS) is 14.2. The molecule has 0 spiro atoms. The Kier molecular flexibility index (Phi) is 15.0. The summed E-state index contributed by atoms with van der Waals surface area (Å²) in [6.45, 7) is 11.0. The Morgan fingerprint density at radius 2 is 1.86 bits per heavy atom. The molecule has 0 heterocycles. The summed E-state index contributed by atoms with van der Waals surface area (Å²) < 4.78 is 5.02. The maximum absolute atomic E-state index is 12.0. The number of carbonyl (C=O) groups excluding carboxylic acids is 2. The number of rotatable bonds is 8. The standard InChI is InChI=1S/C15H23NO3S.C2H6/c1-5-13(9-7-8-10-20)16-14(11(3)12(4)17)15(18)19-6-2;1-2/h5,7-11,14,16,20H,6H2,1-4H3;1-2H3/b9-7-,10-8+,13-5+;/t11-,14-;/m1./s1. The van der Waals surface area contributed by atoms with Crippen molar-refractivity contribution in [3.63, 3.8) is 0 Å². The first-order valence-electron chi connectivity index (χ1n) is 7.55. The fourth-order valence-corrected chi connectivity index (χ4v) is 1.57. The van der Waals surface area contributed by atoms with Gasteiger partial charge >= 0.3 is 5.97 Å². The van der Waals surface area contributed by atoms with E-state index in [1.807, 2.05) is 26.8 Å². The number of ketones is 1. The van der Waals surface area contributed by atoms with E-state index in [2.05, 4.69) is 17.9 Å². The Morgan fingerprint density at radius 3 is 2.27 bits per heavy atom. The highest BCUT2D eigenvalue weighted by Gasteiger charge is 2.29. The van der Waals surface area contributed by atoms with Crippen LogP contribution in [-0.4, -0.2) is 24.4 Å². The number of hydrogen-bond donors (Lipinski definition) is 2. The minimum absolute atomic E-state index is 0.0646. The van der Waals surface area contributed by atoms with Crippen LogP contribution >= 0.6 is 12.6 Å². The van der Waals surface area contributed by atoms with Crippen LogP contribution in [-0.2, 0) is 14.3 Å². The van der Waals surface area contributed by atoms with Gasteiger partial charge in [0.05, 0.1) is 6.61 Å². The number of Topliss-reactive ketones (excluding diaryl/α,β-unsaturated/α-hetero) is 1. The zero-order valence-electron chi connectivity index (χ0n) is 14.4. The molecule has 2 atom stereocenters. The van der Waals surface area contributed by atoms with Gasteiger partial charge in [0.2, 0.25) is 0 Å². The molecule has 0 aromatic heterocycles. The first kappa shape index (κ1) is 22.8. The van der Waals surface area contributed by atoms with E-state index in [1.165, 1.54) is 6.92 Å². The molecule has 0 aromatic rings. The Morgan fingerprint density at radius 1 is 1.27 bits per heavy atom. The molecule has 0 saturated carbocycles. The monoisotopic (exact) mass is 327 g/mol. The molecule has 0 aliphatic heterocycles. The minimum atomic E-state index is -0.691.